The number of hydrogen-bond acceptors (Lipinski definition) is 2. The molecular weight excluding hydrogens is 186 g/mol. The van der Waals surface area contributed by atoms with Crippen LogP contribution in [0.2, 0.25) is 0 Å². The molecule has 0 saturated carbocycles. The van der Waals surface area contributed by atoms with E-state index >= 15 is 0 Å². The molecule has 1 heterocycles. The molecular formula is C13H19NO. The average Bonchev–Trinajstić information content (AvgIpc) is 2.26. The van der Waals surface area contributed by atoms with Gasteiger partial charge in [-0.3, -0.25) is 0 Å². The van der Waals surface area contributed by atoms with E-state index in [-0.39, 0.29) is 0 Å². The summed E-state index contributed by atoms with van der Waals surface area (Å²) in [5.74, 6) is 1.07. The Morgan fingerprint density at radius 1 is 1.27 bits per heavy atom. The molecule has 2 nitrogen and oxygen atoms in total. The van der Waals surface area contributed by atoms with Gasteiger partial charge in [0.25, 0.3) is 0 Å². The maximum atomic E-state index is 9.71. The predicted molar refractivity (Wildman–Crippen MR) is 62.4 cm³/mol. The predicted octanol–water partition coefficient (Wildman–Crippen LogP) is 2.48. The van der Waals surface area contributed by atoms with Crippen molar-refractivity contribution in [2.75, 3.05) is 13.1 Å². The lowest BCUT2D eigenvalue weighted by atomic mass is 9.89. The smallest absolute Gasteiger partial charge is 0.121 e. The van der Waals surface area contributed by atoms with Gasteiger partial charge in [0.15, 0.2) is 0 Å². The van der Waals surface area contributed by atoms with E-state index in [1.807, 2.05) is 13.8 Å². The molecule has 1 aliphatic rings. The largest absolute Gasteiger partial charge is 0.507 e. The zero-order valence-corrected chi connectivity index (χ0v) is 9.51. The fourth-order valence-corrected chi connectivity index (χ4v) is 2.36. The van der Waals surface area contributed by atoms with Gasteiger partial charge in [0.2, 0.25) is 0 Å². The minimum atomic E-state index is 0.447. The molecule has 1 aliphatic heterocycles. The molecule has 2 rings (SSSR count). The molecule has 1 saturated heterocycles. The number of aryl methyl sites for hydroxylation is 2. The number of benzene rings is 1. The van der Waals surface area contributed by atoms with Crippen molar-refractivity contribution in [2.45, 2.75) is 32.6 Å². The summed E-state index contributed by atoms with van der Waals surface area (Å²) < 4.78 is 0. The summed E-state index contributed by atoms with van der Waals surface area (Å²) in [6.07, 6.45) is 2.51. The molecule has 1 aromatic carbocycles. The summed E-state index contributed by atoms with van der Waals surface area (Å²) in [4.78, 5) is 0. The van der Waals surface area contributed by atoms with Gasteiger partial charge >= 0.3 is 0 Å². The zero-order chi connectivity index (χ0) is 10.8. The Balaban J connectivity index is 2.27. The number of nitrogens with one attached hydrogen (secondary N) is 1. The van der Waals surface area contributed by atoms with Gasteiger partial charge in [-0.1, -0.05) is 12.1 Å². The van der Waals surface area contributed by atoms with Crippen molar-refractivity contribution in [2.24, 2.45) is 0 Å². The van der Waals surface area contributed by atoms with Gasteiger partial charge in [0.05, 0.1) is 0 Å². The highest BCUT2D eigenvalue weighted by Crippen LogP contribution is 2.29. The lowest BCUT2D eigenvalue weighted by Crippen LogP contribution is -2.28. The van der Waals surface area contributed by atoms with Gasteiger partial charge in [-0.25, -0.2) is 0 Å². The van der Waals surface area contributed by atoms with Gasteiger partial charge in [-0.15, -0.1) is 0 Å². The summed E-state index contributed by atoms with van der Waals surface area (Å²) in [6, 6.07) is 4.25. The molecule has 0 amide bonds. The summed E-state index contributed by atoms with van der Waals surface area (Å²) >= 11 is 0. The third-order valence-corrected chi connectivity index (χ3v) is 3.28. The van der Waals surface area contributed by atoms with E-state index in [4.69, 9.17) is 0 Å². The summed E-state index contributed by atoms with van der Waals surface area (Å²) in [7, 11) is 0. The van der Waals surface area contributed by atoms with E-state index in [1.165, 1.54) is 18.4 Å². The normalized spacial score (nSPS) is 21.6. The number of hydrogen-bond donors (Lipinski definition) is 2. The van der Waals surface area contributed by atoms with Crippen LogP contribution in [0.5, 0.6) is 5.75 Å². The van der Waals surface area contributed by atoms with Crippen molar-refractivity contribution in [1.29, 1.82) is 0 Å². The number of aromatic hydroxyl groups is 1. The monoisotopic (exact) mass is 205 g/mol. The van der Waals surface area contributed by atoms with Crippen molar-refractivity contribution in [3.05, 3.63) is 28.8 Å². The minimum Gasteiger partial charge on any atom is -0.507 e. The first-order valence-electron chi connectivity index (χ1n) is 5.69. The highest BCUT2D eigenvalue weighted by Gasteiger charge is 2.16. The van der Waals surface area contributed by atoms with Crippen LogP contribution in [-0.2, 0) is 0 Å². The fourth-order valence-electron chi connectivity index (χ4n) is 2.36. The molecule has 2 heteroatoms. The molecule has 1 unspecified atom stereocenters. The van der Waals surface area contributed by atoms with Crippen LogP contribution in [0.25, 0.3) is 0 Å². The first kappa shape index (κ1) is 10.5. The zero-order valence-electron chi connectivity index (χ0n) is 9.51. The number of phenolic OH excluding ortho intramolecular Hbond substituents is 1. The van der Waals surface area contributed by atoms with Crippen molar-refractivity contribution in [3.63, 3.8) is 0 Å². The Morgan fingerprint density at radius 3 is 2.47 bits per heavy atom. The Bertz CT molecular complexity index is 331. The summed E-state index contributed by atoms with van der Waals surface area (Å²) in [5, 5.41) is 13.1. The summed E-state index contributed by atoms with van der Waals surface area (Å²) in [5.41, 5.74) is 3.36. The Morgan fingerprint density at radius 2 is 1.93 bits per heavy atom. The van der Waals surface area contributed by atoms with E-state index in [9.17, 15) is 5.11 Å². The fraction of sp³-hybridized carbons (Fsp3) is 0.538. The van der Waals surface area contributed by atoms with Crippen LogP contribution in [0.4, 0.5) is 0 Å². The SMILES string of the molecule is Cc1cc(C2CCCNC2)cc(C)c1O. The van der Waals surface area contributed by atoms with E-state index < -0.39 is 0 Å². The topological polar surface area (TPSA) is 32.3 Å². The second-order valence-electron chi connectivity index (χ2n) is 4.55. The Labute approximate surface area is 91.3 Å². The standard InChI is InChI=1S/C13H19NO/c1-9-6-12(7-10(2)13(9)15)11-4-3-5-14-8-11/h6-7,11,14-15H,3-5,8H2,1-2H3. The van der Waals surface area contributed by atoms with Crippen molar-refractivity contribution < 1.29 is 5.11 Å². The second-order valence-corrected chi connectivity index (χ2v) is 4.55. The van der Waals surface area contributed by atoms with Gasteiger partial charge in [-0.05, 0) is 55.8 Å². The van der Waals surface area contributed by atoms with Crippen LogP contribution in [0.3, 0.4) is 0 Å². The third-order valence-electron chi connectivity index (χ3n) is 3.28. The molecule has 15 heavy (non-hydrogen) atoms. The average molecular weight is 205 g/mol. The van der Waals surface area contributed by atoms with E-state index in [2.05, 4.69) is 17.4 Å². The van der Waals surface area contributed by atoms with E-state index in [0.717, 1.165) is 24.2 Å². The molecule has 82 valence electrons. The number of phenols is 1. The van der Waals surface area contributed by atoms with Crippen LogP contribution in [0.15, 0.2) is 12.1 Å². The highest BCUT2D eigenvalue weighted by molar-refractivity contribution is 5.43. The van der Waals surface area contributed by atoms with Gasteiger partial charge in [0, 0.05) is 6.54 Å². The maximum absolute atomic E-state index is 9.71. The molecule has 1 aromatic rings. The van der Waals surface area contributed by atoms with E-state index in [0.29, 0.717) is 11.7 Å². The van der Waals surface area contributed by atoms with Crippen molar-refractivity contribution in [3.8, 4) is 5.75 Å². The molecule has 1 fully saturated rings. The lowest BCUT2D eigenvalue weighted by molar-refractivity contribution is 0.454. The van der Waals surface area contributed by atoms with Crippen LogP contribution in [-0.4, -0.2) is 18.2 Å². The molecule has 0 bridgehead atoms. The molecule has 0 aromatic heterocycles. The lowest BCUT2D eigenvalue weighted by Gasteiger charge is -2.24. The number of rotatable bonds is 1. The molecule has 0 spiro atoms. The second kappa shape index (κ2) is 4.23. The summed E-state index contributed by atoms with van der Waals surface area (Å²) in [6.45, 7) is 6.17. The van der Waals surface area contributed by atoms with Crippen LogP contribution >= 0.6 is 0 Å². The molecule has 0 aliphatic carbocycles. The van der Waals surface area contributed by atoms with E-state index in [1.54, 1.807) is 0 Å². The van der Waals surface area contributed by atoms with Crippen molar-refractivity contribution in [1.82, 2.24) is 5.32 Å². The minimum absolute atomic E-state index is 0.447. The van der Waals surface area contributed by atoms with Crippen molar-refractivity contribution >= 4 is 0 Å². The quantitative estimate of drug-likeness (QED) is 0.738. The molecule has 1 atom stereocenters. The van der Waals surface area contributed by atoms with Crippen LogP contribution < -0.4 is 5.32 Å². The van der Waals surface area contributed by atoms with Gasteiger partial charge < -0.3 is 10.4 Å². The first-order valence-corrected chi connectivity index (χ1v) is 5.69. The Hall–Kier alpha value is -1.02. The molecule has 0 radical (unpaired) electrons. The highest BCUT2D eigenvalue weighted by atomic mass is 16.3. The third kappa shape index (κ3) is 2.15. The maximum Gasteiger partial charge on any atom is 0.121 e. The Kier molecular flexibility index (Phi) is 2.96. The van der Waals surface area contributed by atoms with Gasteiger partial charge in [-0.2, -0.15) is 0 Å². The van der Waals surface area contributed by atoms with Crippen LogP contribution in [0.1, 0.15) is 35.4 Å². The number of piperidine rings is 1. The first-order chi connectivity index (χ1) is 7.18. The molecule has 2 N–H and O–H groups in total. The van der Waals surface area contributed by atoms with Gasteiger partial charge in [0.1, 0.15) is 5.75 Å². The van der Waals surface area contributed by atoms with Crippen LogP contribution in [0, 0.1) is 13.8 Å².